The second-order valence-electron chi connectivity index (χ2n) is 8.66. The third-order valence-corrected chi connectivity index (χ3v) is 5.80. The van der Waals surface area contributed by atoms with Crippen molar-refractivity contribution >= 4 is 11.4 Å². The van der Waals surface area contributed by atoms with E-state index >= 15 is 0 Å². The minimum atomic E-state index is -4.44. The van der Waals surface area contributed by atoms with Gasteiger partial charge in [0, 0.05) is 37.5 Å². The van der Waals surface area contributed by atoms with Crippen molar-refractivity contribution in [1.82, 2.24) is 19.5 Å². The highest BCUT2D eigenvalue weighted by atomic mass is 19.4. The fourth-order valence-corrected chi connectivity index (χ4v) is 3.75. The van der Waals surface area contributed by atoms with Gasteiger partial charge < -0.3 is 9.88 Å². The second kappa shape index (κ2) is 9.77. The molecule has 0 fully saturated rings. The van der Waals surface area contributed by atoms with Gasteiger partial charge in [-0.15, -0.1) is 0 Å². The molecule has 0 radical (unpaired) electrons. The molecule has 4 rings (SSSR count). The summed E-state index contributed by atoms with van der Waals surface area (Å²) in [5.41, 5.74) is 2.48. The number of carbonyl (C=O) groups excluding carboxylic acids is 1. The Morgan fingerprint density at radius 2 is 1.80 bits per heavy atom. The molecule has 0 aliphatic rings. The van der Waals surface area contributed by atoms with Gasteiger partial charge in [0.25, 0.3) is 5.56 Å². The number of aromatic nitrogens is 3. The quantitative estimate of drug-likeness (QED) is 0.403. The lowest BCUT2D eigenvalue weighted by Gasteiger charge is -2.10. The lowest BCUT2D eigenvalue weighted by molar-refractivity contribution is -0.137. The van der Waals surface area contributed by atoms with E-state index in [-0.39, 0.29) is 31.0 Å². The highest BCUT2D eigenvalue weighted by Gasteiger charge is 2.30. The van der Waals surface area contributed by atoms with Crippen LogP contribution in [0.2, 0.25) is 0 Å². The van der Waals surface area contributed by atoms with E-state index in [9.17, 15) is 22.8 Å². The monoisotopic (exact) mass is 482 g/mol. The molecule has 0 saturated heterocycles. The van der Waals surface area contributed by atoms with Crippen molar-refractivity contribution < 1.29 is 18.0 Å². The van der Waals surface area contributed by atoms with E-state index in [1.807, 2.05) is 24.3 Å². The predicted molar refractivity (Wildman–Crippen MR) is 127 cm³/mol. The first-order chi connectivity index (χ1) is 16.6. The van der Waals surface area contributed by atoms with Gasteiger partial charge in [-0.2, -0.15) is 18.3 Å². The minimum absolute atomic E-state index is 0.00665. The van der Waals surface area contributed by atoms with Crippen molar-refractivity contribution in [3.05, 3.63) is 94.0 Å². The maximum atomic E-state index is 12.9. The molecular formula is C26H25F3N4O2. The number of benzene rings is 2. The van der Waals surface area contributed by atoms with E-state index in [2.05, 4.69) is 24.3 Å². The molecule has 9 heteroatoms. The Kier molecular flexibility index (Phi) is 6.77. The Morgan fingerprint density at radius 3 is 2.49 bits per heavy atom. The van der Waals surface area contributed by atoms with Gasteiger partial charge in [-0.05, 0) is 35.2 Å². The number of aryl methyl sites for hydroxylation is 1. The maximum absolute atomic E-state index is 12.9. The molecule has 0 unspecified atom stereocenters. The molecule has 1 amide bonds. The number of hydrogen-bond acceptors (Lipinski definition) is 3. The molecule has 6 nitrogen and oxygen atoms in total. The molecule has 0 spiro atoms. The largest absolute Gasteiger partial charge is 0.416 e. The Labute approximate surface area is 200 Å². The summed E-state index contributed by atoms with van der Waals surface area (Å²) in [4.78, 5) is 25.1. The van der Waals surface area contributed by atoms with E-state index in [4.69, 9.17) is 0 Å². The number of fused-ring (bicyclic) bond motifs is 1. The van der Waals surface area contributed by atoms with Crippen LogP contribution in [-0.4, -0.2) is 20.1 Å². The zero-order valence-corrected chi connectivity index (χ0v) is 19.3. The summed E-state index contributed by atoms with van der Waals surface area (Å²) in [6.45, 7) is 4.34. The van der Waals surface area contributed by atoms with Gasteiger partial charge in [0.15, 0.2) is 0 Å². The third kappa shape index (κ3) is 5.62. The van der Waals surface area contributed by atoms with Crippen molar-refractivity contribution in [2.24, 2.45) is 0 Å². The fourth-order valence-electron chi connectivity index (χ4n) is 3.75. The topological polar surface area (TPSA) is 68.4 Å². The molecular weight excluding hydrogens is 457 g/mol. The lowest BCUT2D eigenvalue weighted by Crippen LogP contribution is -2.27. The summed E-state index contributed by atoms with van der Waals surface area (Å²) in [6, 6.07) is 14.6. The van der Waals surface area contributed by atoms with Gasteiger partial charge in [-0.3, -0.25) is 9.59 Å². The van der Waals surface area contributed by atoms with Crippen LogP contribution < -0.4 is 10.9 Å². The summed E-state index contributed by atoms with van der Waals surface area (Å²) in [7, 11) is 0. The number of alkyl halides is 3. The Morgan fingerprint density at radius 1 is 1.06 bits per heavy atom. The van der Waals surface area contributed by atoms with Gasteiger partial charge >= 0.3 is 6.18 Å². The first-order valence-corrected chi connectivity index (χ1v) is 11.2. The molecule has 2 heterocycles. The molecule has 0 saturated carbocycles. The molecule has 0 aliphatic carbocycles. The average Bonchev–Trinajstić information content (AvgIpc) is 3.27. The lowest BCUT2D eigenvalue weighted by atomic mass is 10.0. The summed E-state index contributed by atoms with van der Waals surface area (Å²) in [6.07, 6.45) is -1.21. The Bertz CT molecular complexity index is 1400. The molecule has 2 aromatic heterocycles. The SMILES string of the molecule is CC(C)c1ccc(-c2cc3c(=O)n(CCC(=O)NCc4cccc(C(F)(F)F)c4)ccn3n2)cc1. The van der Waals surface area contributed by atoms with E-state index in [0.29, 0.717) is 22.7 Å². The molecule has 0 bridgehead atoms. The molecule has 1 N–H and O–H groups in total. The van der Waals surface area contributed by atoms with Crippen LogP contribution in [0.5, 0.6) is 0 Å². The highest BCUT2D eigenvalue weighted by Crippen LogP contribution is 2.29. The van der Waals surface area contributed by atoms with Crippen molar-refractivity contribution in [2.75, 3.05) is 0 Å². The van der Waals surface area contributed by atoms with Crippen LogP contribution in [0.1, 0.15) is 42.9 Å². The molecule has 4 aromatic rings. The molecule has 182 valence electrons. The second-order valence-corrected chi connectivity index (χ2v) is 8.66. The summed E-state index contributed by atoms with van der Waals surface area (Å²) in [5.74, 6) is 0.0493. The normalized spacial score (nSPS) is 11.8. The van der Waals surface area contributed by atoms with E-state index in [1.165, 1.54) is 26.8 Å². The van der Waals surface area contributed by atoms with Gasteiger partial charge in [0.1, 0.15) is 5.52 Å². The average molecular weight is 483 g/mol. The van der Waals surface area contributed by atoms with Crippen LogP contribution in [0.25, 0.3) is 16.8 Å². The Hall–Kier alpha value is -3.88. The first kappa shape index (κ1) is 24.3. The summed E-state index contributed by atoms with van der Waals surface area (Å²) >= 11 is 0. The number of nitrogens with zero attached hydrogens (tertiary/aromatic N) is 3. The zero-order chi connectivity index (χ0) is 25.2. The van der Waals surface area contributed by atoms with E-state index in [1.54, 1.807) is 18.5 Å². The molecule has 0 atom stereocenters. The zero-order valence-electron chi connectivity index (χ0n) is 19.3. The molecule has 2 aromatic carbocycles. The van der Waals surface area contributed by atoms with Crippen molar-refractivity contribution in [2.45, 2.75) is 45.5 Å². The standard InChI is InChI=1S/C26H25F3N4O2/c1-17(2)19-6-8-20(9-7-19)22-15-23-25(35)32(12-13-33(23)31-22)11-10-24(34)30-16-18-4-3-5-21(14-18)26(27,28)29/h3-9,12-15,17H,10-11,16H2,1-2H3,(H,30,34). The van der Waals surface area contributed by atoms with Gasteiger partial charge in [-0.25, -0.2) is 4.52 Å². The first-order valence-electron chi connectivity index (χ1n) is 11.2. The van der Waals surface area contributed by atoms with E-state index < -0.39 is 11.7 Å². The summed E-state index contributed by atoms with van der Waals surface area (Å²) in [5, 5.41) is 7.09. The van der Waals surface area contributed by atoms with Crippen LogP contribution in [-0.2, 0) is 24.1 Å². The van der Waals surface area contributed by atoms with Crippen LogP contribution in [0.3, 0.4) is 0 Å². The van der Waals surface area contributed by atoms with Crippen LogP contribution in [0, 0.1) is 0 Å². The van der Waals surface area contributed by atoms with Gasteiger partial charge in [-0.1, -0.05) is 50.2 Å². The van der Waals surface area contributed by atoms with Crippen LogP contribution in [0.4, 0.5) is 13.2 Å². The smallest absolute Gasteiger partial charge is 0.352 e. The Balaban J connectivity index is 1.41. The minimum Gasteiger partial charge on any atom is -0.352 e. The van der Waals surface area contributed by atoms with Gasteiger partial charge in [0.2, 0.25) is 5.91 Å². The van der Waals surface area contributed by atoms with Crippen molar-refractivity contribution in [3.8, 4) is 11.3 Å². The molecule has 35 heavy (non-hydrogen) atoms. The maximum Gasteiger partial charge on any atom is 0.416 e. The van der Waals surface area contributed by atoms with Gasteiger partial charge in [0.05, 0.1) is 11.3 Å². The van der Waals surface area contributed by atoms with Crippen LogP contribution >= 0.6 is 0 Å². The van der Waals surface area contributed by atoms with Crippen molar-refractivity contribution in [3.63, 3.8) is 0 Å². The van der Waals surface area contributed by atoms with Crippen LogP contribution in [0.15, 0.2) is 71.8 Å². The highest BCUT2D eigenvalue weighted by molar-refractivity contribution is 5.75. The number of rotatable bonds is 7. The fraction of sp³-hybridized carbons (Fsp3) is 0.269. The number of halogens is 3. The third-order valence-electron chi connectivity index (χ3n) is 5.80. The number of amides is 1. The summed E-state index contributed by atoms with van der Waals surface area (Å²) < 4.78 is 41.5. The number of carbonyl (C=O) groups is 1. The predicted octanol–water partition coefficient (Wildman–Crippen LogP) is 5.01. The number of hydrogen-bond donors (Lipinski definition) is 1. The van der Waals surface area contributed by atoms with Crippen molar-refractivity contribution in [1.29, 1.82) is 0 Å². The number of nitrogens with one attached hydrogen (secondary N) is 1. The van der Waals surface area contributed by atoms with E-state index in [0.717, 1.165) is 17.7 Å². The molecule has 0 aliphatic heterocycles.